The van der Waals surface area contributed by atoms with E-state index >= 15 is 0 Å². The zero-order valence-corrected chi connectivity index (χ0v) is 9.11. The lowest BCUT2D eigenvalue weighted by atomic mass is 9.90. The van der Waals surface area contributed by atoms with Crippen LogP contribution in [0.15, 0.2) is 30.3 Å². The van der Waals surface area contributed by atoms with Gasteiger partial charge in [-0.3, -0.25) is 0 Å². The number of rotatable bonds is 3. The number of anilines is 1. The molecule has 0 aliphatic carbocycles. The fourth-order valence-electron chi connectivity index (χ4n) is 2.24. The van der Waals surface area contributed by atoms with Crippen LogP contribution < -0.4 is 4.90 Å². The van der Waals surface area contributed by atoms with Crippen molar-refractivity contribution in [3.05, 3.63) is 30.3 Å². The average molecular weight is 189 g/mol. The molecular formula is C13H19N. The van der Waals surface area contributed by atoms with Gasteiger partial charge < -0.3 is 4.90 Å². The van der Waals surface area contributed by atoms with Crippen LogP contribution in [0.3, 0.4) is 0 Å². The first kappa shape index (κ1) is 9.57. The first-order chi connectivity index (χ1) is 6.75. The molecule has 2 rings (SSSR count). The normalized spacial score (nSPS) is 17.2. The Morgan fingerprint density at radius 2 is 1.86 bits per heavy atom. The lowest BCUT2D eigenvalue weighted by Crippen LogP contribution is -2.47. The second kappa shape index (κ2) is 4.04. The van der Waals surface area contributed by atoms with Gasteiger partial charge in [0.15, 0.2) is 0 Å². The third-order valence-electron chi connectivity index (χ3n) is 2.88. The molecule has 0 aromatic heterocycles. The van der Waals surface area contributed by atoms with Gasteiger partial charge in [0.1, 0.15) is 0 Å². The summed E-state index contributed by atoms with van der Waals surface area (Å²) in [5.74, 6) is 1.77. The third kappa shape index (κ3) is 2.09. The Morgan fingerprint density at radius 1 is 1.21 bits per heavy atom. The summed E-state index contributed by atoms with van der Waals surface area (Å²) in [6.07, 6.45) is 1.38. The Balaban J connectivity index is 1.83. The molecule has 1 aromatic rings. The Labute approximate surface area is 86.7 Å². The van der Waals surface area contributed by atoms with Crippen molar-refractivity contribution >= 4 is 5.69 Å². The minimum atomic E-state index is 0.845. The number of benzene rings is 1. The van der Waals surface area contributed by atoms with Crippen molar-refractivity contribution in [3.8, 4) is 0 Å². The van der Waals surface area contributed by atoms with E-state index in [9.17, 15) is 0 Å². The Morgan fingerprint density at radius 3 is 2.43 bits per heavy atom. The summed E-state index contributed by atoms with van der Waals surface area (Å²) in [6.45, 7) is 7.13. The molecule has 1 heterocycles. The minimum absolute atomic E-state index is 0.845. The third-order valence-corrected chi connectivity index (χ3v) is 2.88. The van der Waals surface area contributed by atoms with Crippen LogP contribution in [-0.2, 0) is 0 Å². The van der Waals surface area contributed by atoms with Crippen molar-refractivity contribution in [2.45, 2.75) is 20.3 Å². The van der Waals surface area contributed by atoms with Gasteiger partial charge in [0.05, 0.1) is 0 Å². The van der Waals surface area contributed by atoms with Crippen molar-refractivity contribution in [2.24, 2.45) is 11.8 Å². The smallest absolute Gasteiger partial charge is 0.0366 e. The van der Waals surface area contributed by atoms with Crippen molar-refractivity contribution in [3.63, 3.8) is 0 Å². The maximum atomic E-state index is 2.47. The van der Waals surface area contributed by atoms with E-state index in [1.54, 1.807) is 0 Å². The zero-order valence-electron chi connectivity index (χ0n) is 9.11. The molecule has 0 unspecified atom stereocenters. The lowest BCUT2D eigenvalue weighted by Gasteiger charge is -2.42. The molecule has 76 valence electrons. The number of hydrogen-bond donors (Lipinski definition) is 0. The quantitative estimate of drug-likeness (QED) is 0.706. The molecule has 1 nitrogen and oxygen atoms in total. The van der Waals surface area contributed by atoms with Crippen LogP contribution in [0.4, 0.5) is 5.69 Å². The fourth-order valence-corrected chi connectivity index (χ4v) is 2.24. The van der Waals surface area contributed by atoms with Crippen LogP contribution in [-0.4, -0.2) is 13.1 Å². The second-order valence-electron chi connectivity index (χ2n) is 4.74. The first-order valence-electron chi connectivity index (χ1n) is 5.55. The van der Waals surface area contributed by atoms with E-state index < -0.39 is 0 Å². The molecule has 0 saturated carbocycles. The summed E-state index contributed by atoms with van der Waals surface area (Å²) in [6, 6.07) is 10.7. The van der Waals surface area contributed by atoms with Crippen LogP contribution in [0.2, 0.25) is 0 Å². The molecule has 0 N–H and O–H groups in total. The summed E-state index contributed by atoms with van der Waals surface area (Å²) in [4.78, 5) is 2.47. The molecule has 0 atom stereocenters. The highest BCUT2D eigenvalue weighted by Gasteiger charge is 2.26. The van der Waals surface area contributed by atoms with Gasteiger partial charge in [-0.2, -0.15) is 0 Å². The van der Waals surface area contributed by atoms with Crippen molar-refractivity contribution in [1.82, 2.24) is 0 Å². The highest BCUT2D eigenvalue weighted by atomic mass is 15.2. The molecule has 0 amide bonds. The molecule has 1 heteroatoms. The fraction of sp³-hybridized carbons (Fsp3) is 0.538. The van der Waals surface area contributed by atoms with E-state index in [0.29, 0.717) is 0 Å². The molecule has 1 saturated heterocycles. The SMILES string of the molecule is CC(C)CC1CN(c2ccccc2)C1. The van der Waals surface area contributed by atoms with E-state index in [0.717, 1.165) is 11.8 Å². The molecule has 14 heavy (non-hydrogen) atoms. The lowest BCUT2D eigenvalue weighted by molar-refractivity contribution is 0.338. The molecule has 0 bridgehead atoms. The highest BCUT2D eigenvalue weighted by molar-refractivity contribution is 5.48. The molecule has 0 spiro atoms. The monoisotopic (exact) mass is 189 g/mol. The molecule has 1 aliphatic rings. The van der Waals surface area contributed by atoms with Gasteiger partial charge in [-0.1, -0.05) is 32.0 Å². The maximum Gasteiger partial charge on any atom is 0.0366 e. The van der Waals surface area contributed by atoms with Gasteiger partial charge >= 0.3 is 0 Å². The van der Waals surface area contributed by atoms with Crippen LogP contribution in [0, 0.1) is 11.8 Å². The van der Waals surface area contributed by atoms with E-state index in [4.69, 9.17) is 0 Å². The van der Waals surface area contributed by atoms with Crippen LogP contribution >= 0.6 is 0 Å². The first-order valence-corrected chi connectivity index (χ1v) is 5.55. The van der Waals surface area contributed by atoms with E-state index in [1.165, 1.54) is 25.2 Å². The summed E-state index contributed by atoms with van der Waals surface area (Å²) >= 11 is 0. The van der Waals surface area contributed by atoms with Crippen LogP contribution in [0.5, 0.6) is 0 Å². The largest absolute Gasteiger partial charge is 0.371 e. The van der Waals surface area contributed by atoms with Gasteiger partial charge in [-0.15, -0.1) is 0 Å². The molecular weight excluding hydrogens is 170 g/mol. The Kier molecular flexibility index (Phi) is 2.76. The molecule has 1 fully saturated rings. The summed E-state index contributed by atoms with van der Waals surface area (Å²) < 4.78 is 0. The van der Waals surface area contributed by atoms with E-state index in [-0.39, 0.29) is 0 Å². The van der Waals surface area contributed by atoms with Gasteiger partial charge in [0.2, 0.25) is 0 Å². The predicted octanol–water partition coefficient (Wildman–Crippen LogP) is 3.17. The number of para-hydroxylation sites is 1. The van der Waals surface area contributed by atoms with Gasteiger partial charge in [0, 0.05) is 18.8 Å². The second-order valence-corrected chi connectivity index (χ2v) is 4.74. The summed E-state index contributed by atoms with van der Waals surface area (Å²) in [5, 5.41) is 0. The Hall–Kier alpha value is -0.980. The van der Waals surface area contributed by atoms with E-state index in [2.05, 4.69) is 49.1 Å². The van der Waals surface area contributed by atoms with Gasteiger partial charge in [0.25, 0.3) is 0 Å². The standard InChI is InChI=1S/C13H19N/c1-11(2)8-12-9-14(10-12)13-6-4-3-5-7-13/h3-7,11-12H,8-10H2,1-2H3. The van der Waals surface area contributed by atoms with Crippen molar-refractivity contribution in [2.75, 3.05) is 18.0 Å². The van der Waals surface area contributed by atoms with Crippen LogP contribution in [0.25, 0.3) is 0 Å². The van der Waals surface area contributed by atoms with Gasteiger partial charge in [-0.25, -0.2) is 0 Å². The van der Waals surface area contributed by atoms with Crippen molar-refractivity contribution in [1.29, 1.82) is 0 Å². The van der Waals surface area contributed by atoms with Crippen molar-refractivity contribution < 1.29 is 0 Å². The maximum absolute atomic E-state index is 2.47. The summed E-state index contributed by atoms with van der Waals surface area (Å²) in [5.41, 5.74) is 1.38. The summed E-state index contributed by atoms with van der Waals surface area (Å²) in [7, 11) is 0. The zero-order chi connectivity index (χ0) is 9.97. The predicted molar refractivity (Wildman–Crippen MR) is 61.6 cm³/mol. The molecule has 0 radical (unpaired) electrons. The minimum Gasteiger partial charge on any atom is -0.371 e. The average Bonchev–Trinajstić information content (AvgIpc) is 2.12. The number of nitrogens with zero attached hydrogens (tertiary/aromatic N) is 1. The topological polar surface area (TPSA) is 3.24 Å². The van der Waals surface area contributed by atoms with Gasteiger partial charge in [-0.05, 0) is 30.4 Å². The Bertz CT molecular complexity index is 273. The number of hydrogen-bond acceptors (Lipinski definition) is 1. The van der Waals surface area contributed by atoms with Crippen LogP contribution in [0.1, 0.15) is 20.3 Å². The molecule has 1 aromatic carbocycles. The molecule has 1 aliphatic heterocycles. The highest BCUT2D eigenvalue weighted by Crippen LogP contribution is 2.27. The van der Waals surface area contributed by atoms with E-state index in [1.807, 2.05) is 0 Å².